The van der Waals surface area contributed by atoms with E-state index in [0.29, 0.717) is 0 Å². The first-order valence-corrected chi connectivity index (χ1v) is 8.55. The molecule has 0 atom stereocenters. The third kappa shape index (κ3) is 5.16. The largest absolute Gasteiger partial charge is 0.573 e. The van der Waals surface area contributed by atoms with Gasteiger partial charge >= 0.3 is 12.3 Å². The molecule has 1 fully saturated rings. The molecule has 1 saturated carbocycles. The lowest BCUT2D eigenvalue weighted by molar-refractivity contribution is -0.274. The molecule has 1 heterocycles. The number of aromatic amines is 1. The first kappa shape index (κ1) is 19.5. The zero-order valence-corrected chi connectivity index (χ0v) is 14.5. The summed E-state index contributed by atoms with van der Waals surface area (Å²) >= 11 is 0. The predicted molar refractivity (Wildman–Crippen MR) is 90.0 cm³/mol. The number of carboxylic acids is 1. The van der Waals surface area contributed by atoms with Crippen LogP contribution >= 0.6 is 0 Å². The number of carboxylic acid groups (broad SMARTS) is 1. The van der Waals surface area contributed by atoms with Gasteiger partial charge < -0.3 is 14.6 Å². The molecule has 10 heteroatoms. The van der Waals surface area contributed by atoms with Crippen molar-refractivity contribution in [3.8, 4) is 29.2 Å². The van der Waals surface area contributed by atoms with E-state index in [9.17, 15) is 18.0 Å². The van der Waals surface area contributed by atoms with E-state index < -0.39 is 23.8 Å². The number of carbonyl (C=O) groups is 1. The van der Waals surface area contributed by atoms with E-state index in [2.05, 4.69) is 32.0 Å². The fourth-order valence-electron chi connectivity index (χ4n) is 2.85. The molecule has 1 aliphatic carbocycles. The molecule has 3 rings (SSSR count). The fraction of sp³-hybridized carbons (Fsp3) is 0.389. The molecule has 2 aromatic rings. The van der Waals surface area contributed by atoms with Crippen molar-refractivity contribution in [2.75, 3.05) is 0 Å². The van der Waals surface area contributed by atoms with Crippen LogP contribution in [0.5, 0.6) is 17.4 Å². The minimum Gasteiger partial charge on any atom is -0.476 e. The highest BCUT2D eigenvalue weighted by molar-refractivity contribution is 5.87. The Labute approximate surface area is 157 Å². The summed E-state index contributed by atoms with van der Waals surface area (Å²) in [5.41, 5.74) is -0.434. The van der Waals surface area contributed by atoms with Gasteiger partial charge in [-0.25, -0.2) is 9.89 Å². The molecule has 0 bridgehead atoms. The quantitative estimate of drug-likeness (QED) is 0.756. The lowest BCUT2D eigenvalue weighted by Gasteiger charge is -2.16. The smallest absolute Gasteiger partial charge is 0.476 e. The second kappa shape index (κ2) is 8.21. The molecule has 148 valence electrons. The fourth-order valence-corrected chi connectivity index (χ4v) is 2.85. The van der Waals surface area contributed by atoms with Crippen LogP contribution in [-0.4, -0.2) is 32.8 Å². The van der Waals surface area contributed by atoms with E-state index in [1.807, 2.05) is 0 Å². The second-order valence-corrected chi connectivity index (χ2v) is 6.21. The third-order valence-corrected chi connectivity index (χ3v) is 4.13. The number of H-pyrrole nitrogens is 1. The minimum absolute atomic E-state index is 0.0662. The van der Waals surface area contributed by atoms with Gasteiger partial charge in [-0.3, -0.25) is 0 Å². The summed E-state index contributed by atoms with van der Waals surface area (Å²) in [5.74, 6) is 3.60. The Kier molecular flexibility index (Phi) is 5.73. The average molecular weight is 395 g/mol. The van der Waals surface area contributed by atoms with E-state index in [1.54, 1.807) is 0 Å². The number of nitrogens with zero attached hydrogens (tertiary/aromatic N) is 2. The number of rotatable bonds is 4. The second-order valence-electron chi connectivity index (χ2n) is 6.21. The van der Waals surface area contributed by atoms with Crippen molar-refractivity contribution in [1.29, 1.82) is 0 Å². The van der Waals surface area contributed by atoms with Crippen molar-refractivity contribution in [2.24, 2.45) is 5.92 Å². The van der Waals surface area contributed by atoms with Crippen LogP contribution in [0.1, 0.15) is 48.2 Å². The molecule has 0 saturated heterocycles. The number of aromatic nitrogens is 3. The predicted octanol–water partition coefficient (Wildman–Crippen LogP) is 4.13. The summed E-state index contributed by atoms with van der Waals surface area (Å²) in [7, 11) is 0. The van der Waals surface area contributed by atoms with E-state index in [4.69, 9.17) is 9.84 Å². The maximum absolute atomic E-state index is 12.8. The lowest BCUT2D eigenvalue weighted by atomic mass is 9.89. The van der Waals surface area contributed by atoms with Crippen LogP contribution in [0, 0.1) is 17.8 Å². The zero-order valence-electron chi connectivity index (χ0n) is 14.5. The van der Waals surface area contributed by atoms with E-state index in [1.165, 1.54) is 12.1 Å². The topological polar surface area (TPSA) is 97.3 Å². The van der Waals surface area contributed by atoms with Crippen LogP contribution in [0.25, 0.3) is 0 Å². The van der Waals surface area contributed by atoms with Crippen molar-refractivity contribution in [3.63, 3.8) is 0 Å². The summed E-state index contributed by atoms with van der Waals surface area (Å²) in [5, 5.41) is 17.8. The number of benzene rings is 1. The van der Waals surface area contributed by atoms with Crippen LogP contribution in [-0.2, 0) is 0 Å². The Morgan fingerprint density at radius 2 is 2.00 bits per heavy atom. The van der Waals surface area contributed by atoms with Gasteiger partial charge in [0.05, 0.1) is 5.56 Å². The molecule has 0 unspecified atom stereocenters. The van der Waals surface area contributed by atoms with Crippen LogP contribution in [0.2, 0.25) is 0 Å². The number of halogens is 3. The van der Waals surface area contributed by atoms with Gasteiger partial charge in [-0.1, -0.05) is 36.3 Å². The molecule has 0 spiro atoms. The molecular weight excluding hydrogens is 379 g/mol. The molecule has 0 aliphatic heterocycles. The van der Waals surface area contributed by atoms with Crippen LogP contribution in [0.3, 0.4) is 0 Å². The number of hydrogen-bond acceptors (Lipinski definition) is 5. The van der Waals surface area contributed by atoms with Gasteiger partial charge in [0.15, 0.2) is 0 Å². The molecule has 28 heavy (non-hydrogen) atoms. The molecule has 0 radical (unpaired) electrons. The van der Waals surface area contributed by atoms with Gasteiger partial charge in [-0.15, -0.1) is 18.3 Å². The van der Waals surface area contributed by atoms with Crippen molar-refractivity contribution >= 4 is 5.97 Å². The Balaban J connectivity index is 1.87. The van der Waals surface area contributed by atoms with Crippen LogP contribution < -0.4 is 9.47 Å². The first-order chi connectivity index (χ1) is 13.3. The van der Waals surface area contributed by atoms with Crippen LogP contribution in [0.4, 0.5) is 13.2 Å². The maximum Gasteiger partial charge on any atom is 0.573 e. The normalized spacial score (nSPS) is 14.8. The first-order valence-electron chi connectivity index (χ1n) is 8.55. The minimum atomic E-state index is -4.92. The Bertz CT molecular complexity index is 909. The summed E-state index contributed by atoms with van der Waals surface area (Å²) in [6, 6.07) is 3.68. The number of hydrogen-bond donors (Lipinski definition) is 2. The van der Waals surface area contributed by atoms with Crippen molar-refractivity contribution in [2.45, 2.75) is 38.5 Å². The summed E-state index contributed by atoms with van der Waals surface area (Å²) in [4.78, 5) is 11.0. The summed E-state index contributed by atoms with van der Waals surface area (Å²) in [6.07, 6.45) is 0.197. The monoisotopic (exact) mass is 395 g/mol. The van der Waals surface area contributed by atoms with E-state index in [0.717, 1.165) is 38.2 Å². The highest BCUT2D eigenvalue weighted by atomic mass is 19.4. The van der Waals surface area contributed by atoms with Crippen molar-refractivity contribution < 1.29 is 32.5 Å². The third-order valence-electron chi connectivity index (χ3n) is 4.13. The number of aromatic carboxylic acids is 1. The molecule has 1 aromatic heterocycles. The Hall–Kier alpha value is -3.22. The van der Waals surface area contributed by atoms with Gasteiger partial charge in [-0.05, 0) is 25.0 Å². The number of nitrogens with one attached hydrogen (secondary N) is 1. The zero-order chi connectivity index (χ0) is 20.1. The molecule has 1 aliphatic rings. The molecule has 1 aromatic carbocycles. The van der Waals surface area contributed by atoms with Gasteiger partial charge in [0.1, 0.15) is 11.5 Å². The van der Waals surface area contributed by atoms with Crippen molar-refractivity contribution in [1.82, 2.24) is 15.4 Å². The van der Waals surface area contributed by atoms with E-state index >= 15 is 0 Å². The molecule has 0 amide bonds. The maximum atomic E-state index is 12.8. The molecule has 7 nitrogen and oxygen atoms in total. The van der Waals surface area contributed by atoms with Crippen molar-refractivity contribution in [3.05, 3.63) is 29.5 Å². The summed E-state index contributed by atoms with van der Waals surface area (Å²) < 4.78 is 47.7. The molecule has 2 N–H and O–H groups in total. The van der Waals surface area contributed by atoms with Gasteiger partial charge in [-0.2, -0.15) is 0 Å². The van der Waals surface area contributed by atoms with Gasteiger partial charge in [0.2, 0.25) is 5.69 Å². The van der Waals surface area contributed by atoms with Crippen LogP contribution in [0.15, 0.2) is 18.2 Å². The average Bonchev–Trinajstić information content (AvgIpc) is 3.09. The number of alkyl halides is 3. The highest BCUT2D eigenvalue weighted by Crippen LogP contribution is 2.32. The Morgan fingerprint density at radius 3 is 2.68 bits per heavy atom. The van der Waals surface area contributed by atoms with Gasteiger partial charge in [0, 0.05) is 12.0 Å². The number of ether oxygens (including phenoxy) is 2. The van der Waals surface area contributed by atoms with E-state index in [-0.39, 0.29) is 23.1 Å². The lowest BCUT2D eigenvalue weighted by Crippen LogP contribution is -2.18. The van der Waals surface area contributed by atoms with Gasteiger partial charge in [0.25, 0.3) is 5.88 Å². The molecular formula is C18H16F3N3O4. The summed E-state index contributed by atoms with van der Waals surface area (Å²) in [6.45, 7) is 0. The standard InChI is InChI=1S/C18H16F3N3O4/c19-18(20,21)28-14-10-13(27-16-15(17(25)26)22-24-23-16)9-8-12(14)7-6-11-4-2-1-3-5-11/h8-11H,1-5H2,(H,25,26)(H,22,23,24). The highest BCUT2D eigenvalue weighted by Gasteiger charge is 2.32. The SMILES string of the molecule is O=C(O)c1nn[nH]c1Oc1ccc(C#CC2CCCCC2)c(OC(F)(F)F)c1. The Morgan fingerprint density at radius 1 is 1.25 bits per heavy atom.